The highest BCUT2D eigenvalue weighted by atomic mass is 32.2. The summed E-state index contributed by atoms with van der Waals surface area (Å²) in [4.78, 5) is 0. The second kappa shape index (κ2) is 3.79. The van der Waals surface area contributed by atoms with Gasteiger partial charge in [-0.05, 0) is 17.7 Å². The van der Waals surface area contributed by atoms with Gasteiger partial charge in [0.25, 0.3) is 0 Å². The first-order chi connectivity index (χ1) is 6.03. The number of hydrogen-bond acceptors (Lipinski definition) is 3. The minimum Gasteiger partial charge on any atom is -0.399 e. The standard InChI is InChI=1S/C9H13NO2S/c1-2-13(11,12)7-8-4-3-5-9(10)6-8/h3-6H,2,7,10H2,1H3. The van der Waals surface area contributed by atoms with E-state index < -0.39 is 9.84 Å². The van der Waals surface area contributed by atoms with Gasteiger partial charge in [0.15, 0.2) is 9.84 Å². The summed E-state index contributed by atoms with van der Waals surface area (Å²) < 4.78 is 22.5. The van der Waals surface area contributed by atoms with Crippen LogP contribution in [-0.4, -0.2) is 14.2 Å². The van der Waals surface area contributed by atoms with Crippen LogP contribution in [0.25, 0.3) is 0 Å². The van der Waals surface area contributed by atoms with Gasteiger partial charge in [0, 0.05) is 11.4 Å². The molecule has 1 rings (SSSR count). The summed E-state index contributed by atoms with van der Waals surface area (Å²) in [5.41, 5.74) is 6.88. The van der Waals surface area contributed by atoms with Gasteiger partial charge in [-0.2, -0.15) is 0 Å². The highest BCUT2D eigenvalue weighted by Crippen LogP contribution is 2.10. The van der Waals surface area contributed by atoms with Gasteiger partial charge in [-0.1, -0.05) is 19.1 Å². The normalized spacial score (nSPS) is 11.5. The number of rotatable bonds is 3. The highest BCUT2D eigenvalue weighted by molar-refractivity contribution is 7.90. The van der Waals surface area contributed by atoms with Crippen molar-refractivity contribution >= 4 is 15.5 Å². The molecule has 72 valence electrons. The Morgan fingerprint density at radius 2 is 2.08 bits per heavy atom. The van der Waals surface area contributed by atoms with E-state index in [0.29, 0.717) is 5.69 Å². The molecule has 1 aromatic carbocycles. The molecule has 0 heterocycles. The molecule has 2 N–H and O–H groups in total. The minimum atomic E-state index is -2.94. The molecular formula is C9H13NO2S. The number of anilines is 1. The molecule has 0 atom stereocenters. The summed E-state index contributed by atoms with van der Waals surface area (Å²) in [6.45, 7) is 1.64. The van der Waals surface area contributed by atoms with Crippen LogP contribution < -0.4 is 5.73 Å². The minimum absolute atomic E-state index is 0.0779. The molecule has 0 saturated heterocycles. The Balaban J connectivity index is 2.87. The topological polar surface area (TPSA) is 60.2 Å². The van der Waals surface area contributed by atoms with Crippen LogP contribution in [0, 0.1) is 0 Å². The number of nitrogens with two attached hydrogens (primary N) is 1. The molecule has 0 spiro atoms. The first kappa shape index (κ1) is 10.1. The summed E-state index contributed by atoms with van der Waals surface area (Å²) >= 11 is 0. The maximum absolute atomic E-state index is 11.2. The van der Waals surface area contributed by atoms with Gasteiger partial charge in [0.2, 0.25) is 0 Å². The smallest absolute Gasteiger partial charge is 0.154 e. The van der Waals surface area contributed by atoms with Gasteiger partial charge < -0.3 is 5.73 Å². The lowest BCUT2D eigenvalue weighted by Gasteiger charge is -2.01. The summed E-state index contributed by atoms with van der Waals surface area (Å²) in [7, 11) is -2.94. The molecule has 0 saturated carbocycles. The zero-order valence-corrected chi connectivity index (χ0v) is 8.34. The van der Waals surface area contributed by atoms with E-state index in [0.717, 1.165) is 5.56 Å². The van der Waals surface area contributed by atoms with Crippen LogP contribution in [0.5, 0.6) is 0 Å². The number of nitrogen functional groups attached to an aromatic ring is 1. The van der Waals surface area contributed by atoms with Gasteiger partial charge in [-0.3, -0.25) is 0 Å². The SMILES string of the molecule is CCS(=O)(=O)Cc1cccc(N)c1. The predicted octanol–water partition coefficient (Wildman–Crippen LogP) is 1.20. The molecule has 0 bridgehead atoms. The molecule has 0 unspecified atom stereocenters. The van der Waals surface area contributed by atoms with Gasteiger partial charge in [0.05, 0.1) is 5.75 Å². The lowest BCUT2D eigenvalue weighted by molar-refractivity contribution is 0.596. The lowest BCUT2D eigenvalue weighted by Crippen LogP contribution is -2.06. The van der Waals surface area contributed by atoms with Crippen molar-refractivity contribution in [2.24, 2.45) is 0 Å². The van der Waals surface area contributed by atoms with Crippen LogP contribution in [0.3, 0.4) is 0 Å². The number of hydrogen-bond donors (Lipinski definition) is 1. The second-order valence-electron chi connectivity index (χ2n) is 2.92. The van der Waals surface area contributed by atoms with E-state index in [4.69, 9.17) is 5.73 Å². The third-order valence-electron chi connectivity index (χ3n) is 1.78. The third kappa shape index (κ3) is 3.06. The average molecular weight is 199 g/mol. The van der Waals surface area contributed by atoms with Crippen LogP contribution in [0.4, 0.5) is 5.69 Å². The van der Waals surface area contributed by atoms with Crippen LogP contribution in [0.1, 0.15) is 12.5 Å². The van der Waals surface area contributed by atoms with Gasteiger partial charge in [0.1, 0.15) is 0 Å². The van der Waals surface area contributed by atoms with Crippen molar-refractivity contribution in [1.82, 2.24) is 0 Å². The Kier molecular flexibility index (Phi) is 2.93. The van der Waals surface area contributed by atoms with Gasteiger partial charge in [-0.15, -0.1) is 0 Å². The molecule has 3 nitrogen and oxygen atoms in total. The quantitative estimate of drug-likeness (QED) is 0.744. The van der Waals surface area contributed by atoms with E-state index in [1.807, 2.05) is 0 Å². The summed E-state index contributed by atoms with van der Waals surface area (Å²) in [5.74, 6) is 0.246. The molecule has 0 fully saturated rings. The van der Waals surface area contributed by atoms with E-state index in [-0.39, 0.29) is 11.5 Å². The summed E-state index contributed by atoms with van der Waals surface area (Å²) in [5, 5.41) is 0. The van der Waals surface area contributed by atoms with Crippen LogP contribution in [-0.2, 0) is 15.6 Å². The fourth-order valence-corrected chi connectivity index (χ4v) is 1.93. The lowest BCUT2D eigenvalue weighted by atomic mass is 10.2. The summed E-state index contributed by atoms with van der Waals surface area (Å²) in [6.07, 6.45) is 0. The fraction of sp³-hybridized carbons (Fsp3) is 0.333. The molecule has 0 amide bonds. The molecular weight excluding hydrogens is 186 g/mol. The molecule has 0 radical (unpaired) electrons. The van der Waals surface area contributed by atoms with Crippen molar-refractivity contribution in [3.05, 3.63) is 29.8 Å². The van der Waals surface area contributed by atoms with Crippen molar-refractivity contribution in [2.45, 2.75) is 12.7 Å². The Hall–Kier alpha value is -1.03. The zero-order valence-electron chi connectivity index (χ0n) is 7.53. The number of sulfone groups is 1. The fourth-order valence-electron chi connectivity index (χ4n) is 1.04. The van der Waals surface area contributed by atoms with Crippen molar-refractivity contribution < 1.29 is 8.42 Å². The molecule has 0 aromatic heterocycles. The molecule has 0 aliphatic rings. The van der Waals surface area contributed by atoms with E-state index in [1.165, 1.54) is 0 Å². The second-order valence-corrected chi connectivity index (χ2v) is 5.27. The van der Waals surface area contributed by atoms with E-state index >= 15 is 0 Å². The third-order valence-corrected chi connectivity index (χ3v) is 3.43. The Morgan fingerprint density at radius 1 is 1.38 bits per heavy atom. The van der Waals surface area contributed by atoms with Crippen molar-refractivity contribution in [2.75, 3.05) is 11.5 Å². The maximum atomic E-state index is 11.2. The van der Waals surface area contributed by atoms with Gasteiger partial charge in [-0.25, -0.2) is 8.42 Å². The molecule has 4 heteroatoms. The highest BCUT2D eigenvalue weighted by Gasteiger charge is 2.08. The van der Waals surface area contributed by atoms with Crippen molar-refractivity contribution in [1.29, 1.82) is 0 Å². The number of benzene rings is 1. The van der Waals surface area contributed by atoms with Gasteiger partial charge >= 0.3 is 0 Å². The van der Waals surface area contributed by atoms with E-state index in [9.17, 15) is 8.42 Å². The zero-order chi connectivity index (χ0) is 9.90. The van der Waals surface area contributed by atoms with Crippen LogP contribution >= 0.6 is 0 Å². The van der Waals surface area contributed by atoms with E-state index in [1.54, 1.807) is 31.2 Å². The van der Waals surface area contributed by atoms with Crippen LogP contribution in [0.15, 0.2) is 24.3 Å². The maximum Gasteiger partial charge on any atom is 0.154 e. The van der Waals surface area contributed by atoms with Crippen molar-refractivity contribution in [3.63, 3.8) is 0 Å². The predicted molar refractivity (Wildman–Crippen MR) is 54.0 cm³/mol. The monoisotopic (exact) mass is 199 g/mol. The molecule has 13 heavy (non-hydrogen) atoms. The van der Waals surface area contributed by atoms with Crippen LogP contribution in [0.2, 0.25) is 0 Å². The first-order valence-corrected chi connectivity index (χ1v) is 5.90. The van der Waals surface area contributed by atoms with E-state index in [2.05, 4.69) is 0 Å². The molecule has 1 aromatic rings. The Bertz CT molecular complexity index is 384. The largest absolute Gasteiger partial charge is 0.399 e. The average Bonchev–Trinajstić information content (AvgIpc) is 2.03. The molecule has 0 aliphatic heterocycles. The van der Waals surface area contributed by atoms with Crippen molar-refractivity contribution in [3.8, 4) is 0 Å². The first-order valence-electron chi connectivity index (χ1n) is 4.08. The Labute approximate surface area is 78.5 Å². The summed E-state index contributed by atoms with van der Waals surface area (Å²) in [6, 6.07) is 6.95. The Morgan fingerprint density at radius 3 is 2.62 bits per heavy atom. The molecule has 0 aliphatic carbocycles.